The van der Waals surface area contributed by atoms with Gasteiger partial charge >= 0.3 is 0 Å². The molecule has 15 heteroatoms. The van der Waals surface area contributed by atoms with E-state index in [-0.39, 0.29) is 23.6 Å². The number of benzene rings is 1. The number of hydrogen-bond donors (Lipinski definition) is 3. The lowest BCUT2D eigenvalue weighted by atomic mass is 9.85. The number of rotatable bonds is 9. The van der Waals surface area contributed by atoms with E-state index >= 15 is 0 Å². The van der Waals surface area contributed by atoms with Gasteiger partial charge in [-0.05, 0) is 114 Å². The molecule has 9 rings (SSSR count). The van der Waals surface area contributed by atoms with Crippen LogP contribution in [0.1, 0.15) is 110 Å². The Morgan fingerprint density at radius 2 is 1.72 bits per heavy atom. The van der Waals surface area contributed by atoms with Gasteiger partial charge in [0.05, 0.1) is 57.4 Å². The van der Waals surface area contributed by atoms with Crippen LogP contribution in [0.3, 0.4) is 0 Å². The number of nitrogens with one attached hydrogen (secondary N) is 2. The van der Waals surface area contributed by atoms with Crippen LogP contribution in [0.5, 0.6) is 0 Å². The minimum absolute atomic E-state index is 0.203. The van der Waals surface area contributed by atoms with Gasteiger partial charge in [-0.25, -0.2) is 4.52 Å². The highest BCUT2D eigenvalue weighted by molar-refractivity contribution is 6.05. The number of nitrogens with zero attached hydrogens (tertiary/aromatic N) is 9. The molecule has 0 radical (unpaired) electrons. The van der Waals surface area contributed by atoms with Crippen molar-refractivity contribution < 1.29 is 19.5 Å². The van der Waals surface area contributed by atoms with Crippen molar-refractivity contribution in [2.75, 3.05) is 56.0 Å². The summed E-state index contributed by atoms with van der Waals surface area (Å²) in [6.07, 6.45) is 11.1. The van der Waals surface area contributed by atoms with Gasteiger partial charge in [-0.15, -0.1) is 0 Å². The monoisotopic (exact) mass is 825 g/mol. The summed E-state index contributed by atoms with van der Waals surface area (Å²) in [5.74, 6) is -0.497. The van der Waals surface area contributed by atoms with Crippen LogP contribution in [0.25, 0.3) is 16.4 Å². The summed E-state index contributed by atoms with van der Waals surface area (Å²) in [6.45, 7) is 13.0. The molecule has 61 heavy (non-hydrogen) atoms. The molecule has 1 atom stereocenters. The third kappa shape index (κ3) is 8.49. The minimum Gasteiger partial charge on any atom is -0.386 e. The third-order valence-corrected chi connectivity index (χ3v) is 13.5. The first-order valence-corrected chi connectivity index (χ1v) is 21.9. The van der Waals surface area contributed by atoms with Crippen molar-refractivity contribution in [1.29, 1.82) is 5.26 Å². The van der Waals surface area contributed by atoms with E-state index in [9.17, 15) is 24.8 Å². The van der Waals surface area contributed by atoms with Gasteiger partial charge < -0.3 is 20.2 Å². The molecule has 0 spiro atoms. The van der Waals surface area contributed by atoms with Gasteiger partial charge in [0.2, 0.25) is 11.8 Å². The Bertz CT molecular complexity index is 2510. The second-order valence-electron chi connectivity index (χ2n) is 18.1. The highest BCUT2D eigenvalue weighted by Crippen LogP contribution is 2.37. The quantitative estimate of drug-likeness (QED) is 0.165. The van der Waals surface area contributed by atoms with Gasteiger partial charge in [-0.1, -0.05) is 0 Å². The molecule has 4 fully saturated rings. The lowest BCUT2D eigenvalue weighted by molar-refractivity contribution is -0.134. The topological polar surface area (TPSA) is 177 Å². The zero-order valence-corrected chi connectivity index (χ0v) is 35.3. The SMILES string of the molecule is Cc1nc(C2CCC(=O)NC2=O)ccc1N1CCC(N2CCN(CC3CCC(n4cc5cc(NC(=O)c6ccc7cc(C#N)cnn67)c(C(C)(C)O)cc5n4)CC3)CC2)CC1. The number of carbonyl (C=O) groups excluding carboxylic acids is 3. The largest absolute Gasteiger partial charge is 0.386 e. The Kier molecular flexibility index (Phi) is 11.1. The first-order chi connectivity index (χ1) is 29.4. The zero-order chi connectivity index (χ0) is 42.4. The molecule has 1 aliphatic carbocycles. The number of hydrogen-bond acceptors (Lipinski definition) is 11. The number of amides is 3. The molecule has 1 aromatic carbocycles. The smallest absolute Gasteiger partial charge is 0.274 e. The van der Waals surface area contributed by atoms with Crippen LogP contribution in [0, 0.1) is 24.2 Å². The molecule has 3 N–H and O–H groups in total. The van der Waals surface area contributed by atoms with Crippen molar-refractivity contribution in [3.8, 4) is 6.07 Å². The maximum atomic E-state index is 13.5. The summed E-state index contributed by atoms with van der Waals surface area (Å²) >= 11 is 0. The maximum absolute atomic E-state index is 13.5. The first-order valence-electron chi connectivity index (χ1n) is 21.9. The molecule has 318 valence electrons. The Morgan fingerprint density at radius 1 is 0.951 bits per heavy atom. The second-order valence-corrected chi connectivity index (χ2v) is 18.1. The lowest BCUT2D eigenvalue weighted by Gasteiger charge is -2.44. The molecule has 3 saturated heterocycles. The highest BCUT2D eigenvalue weighted by atomic mass is 16.3. The number of aromatic nitrogens is 5. The van der Waals surface area contributed by atoms with Gasteiger partial charge in [-0.2, -0.15) is 15.5 Å². The van der Waals surface area contributed by atoms with Crippen molar-refractivity contribution in [2.24, 2.45) is 5.92 Å². The number of piperazine rings is 1. The molecule has 4 aromatic heterocycles. The standard InChI is InChI=1S/C46H55N11O4/c1-29-41(12-10-38(49-29)36-9-13-43(58)51-44(36)59)55-16-14-33(15-17-55)54-20-18-53(19-21-54)27-30-4-6-34(7-5-30)56-28-32-23-40(37(46(2,3)61)24-39(32)52-56)50-45(60)42-11-8-35-22-31(25-47)26-48-57(35)42/h8,10-12,22-24,26,28,30,33-34,36,61H,4-7,9,13-21,27H2,1-3H3,(H,50,60)(H,51,58,59). The van der Waals surface area contributed by atoms with E-state index in [0.29, 0.717) is 58.9 Å². The average molecular weight is 826 g/mol. The van der Waals surface area contributed by atoms with Crippen LogP contribution < -0.4 is 15.5 Å². The Morgan fingerprint density at radius 3 is 2.43 bits per heavy atom. The van der Waals surface area contributed by atoms with Gasteiger partial charge in [0.15, 0.2) is 0 Å². The molecule has 5 aromatic rings. The van der Waals surface area contributed by atoms with Gasteiger partial charge in [0, 0.05) is 81.1 Å². The molecule has 7 heterocycles. The van der Waals surface area contributed by atoms with E-state index in [1.165, 1.54) is 10.7 Å². The number of nitriles is 1. The normalized spacial score (nSPS) is 22.4. The summed E-state index contributed by atoms with van der Waals surface area (Å²) in [5.41, 5.74) is 4.89. The molecular weight excluding hydrogens is 771 g/mol. The number of piperidine rings is 2. The fourth-order valence-electron chi connectivity index (χ4n) is 10.1. The van der Waals surface area contributed by atoms with Crippen LogP contribution in [-0.4, -0.2) is 109 Å². The lowest BCUT2D eigenvalue weighted by Crippen LogP contribution is -2.54. The molecule has 1 saturated carbocycles. The van der Waals surface area contributed by atoms with Crippen molar-refractivity contribution >= 4 is 45.5 Å². The number of fused-ring (bicyclic) bond motifs is 2. The minimum atomic E-state index is -1.23. The van der Waals surface area contributed by atoms with Gasteiger partial charge in [-0.3, -0.25) is 34.3 Å². The van der Waals surface area contributed by atoms with Crippen molar-refractivity contribution in [2.45, 2.75) is 95.7 Å². The molecule has 15 nitrogen and oxygen atoms in total. The van der Waals surface area contributed by atoms with E-state index in [1.807, 2.05) is 25.1 Å². The van der Waals surface area contributed by atoms with Gasteiger partial charge in [0.1, 0.15) is 11.8 Å². The average Bonchev–Trinajstić information content (AvgIpc) is 3.88. The molecule has 4 aliphatic rings. The predicted octanol–water partition coefficient (Wildman–Crippen LogP) is 5.28. The second kappa shape index (κ2) is 16.6. The van der Waals surface area contributed by atoms with Crippen LogP contribution in [0.15, 0.2) is 54.9 Å². The van der Waals surface area contributed by atoms with Crippen molar-refractivity contribution in [1.82, 2.24) is 39.5 Å². The number of imide groups is 1. The summed E-state index contributed by atoms with van der Waals surface area (Å²) in [7, 11) is 0. The fraction of sp³-hybridized carbons (Fsp3) is 0.500. The molecule has 1 unspecified atom stereocenters. The zero-order valence-electron chi connectivity index (χ0n) is 35.3. The van der Waals surface area contributed by atoms with Gasteiger partial charge in [0.25, 0.3) is 5.91 Å². The highest BCUT2D eigenvalue weighted by Gasteiger charge is 2.33. The fourth-order valence-corrected chi connectivity index (χ4v) is 10.1. The Hall–Kier alpha value is -5.69. The molecule has 0 bridgehead atoms. The van der Waals surface area contributed by atoms with E-state index in [4.69, 9.17) is 10.1 Å². The summed E-state index contributed by atoms with van der Waals surface area (Å²) in [6, 6.07) is 16.0. The van der Waals surface area contributed by atoms with Crippen LogP contribution in [0.2, 0.25) is 0 Å². The van der Waals surface area contributed by atoms with E-state index in [0.717, 1.165) is 112 Å². The molecule has 3 aliphatic heterocycles. The van der Waals surface area contributed by atoms with E-state index in [1.54, 1.807) is 32.0 Å². The van der Waals surface area contributed by atoms with E-state index in [2.05, 4.69) is 53.4 Å². The predicted molar refractivity (Wildman–Crippen MR) is 231 cm³/mol. The van der Waals surface area contributed by atoms with Crippen LogP contribution >= 0.6 is 0 Å². The van der Waals surface area contributed by atoms with Crippen molar-refractivity contribution in [3.63, 3.8) is 0 Å². The number of anilines is 2. The molecular formula is C46H55N11O4. The number of pyridine rings is 1. The number of carbonyl (C=O) groups is 3. The number of aryl methyl sites for hydroxylation is 1. The van der Waals surface area contributed by atoms with E-state index < -0.39 is 5.60 Å². The first kappa shape index (κ1) is 40.7. The third-order valence-electron chi connectivity index (χ3n) is 13.5. The summed E-state index contributed by atoms with van der Waals surface area (Å²) in [5, 5.41) is 36.0. The maximum Gasteiger partial charge on any atom is 0.274 e. The Balaban J connectivity index is 0.753. The van der Waals surface area contributed by atoms with Crippen LogP contribution in [-0.2, 0) is 15.2 Å². The number of aliphatic hydroxyl groups is 1. The van der Waals surface area contributed by atoms with Crippen molar-refractivity contribution in [3.05, 3.63) is 83.1 Å². The van der Waals surface area contributed by atoms with Crippen LogP contribution in [0.4, 0.5) is 11.4 Å². The summed E-state index contributed by atoms with van der Waals surface area (Å²) < 4.78 is 3.60. The Labute approximate surface area is 355 Å². The summed E-state index contributed by atoms with van der Waals surface area (Å²) in [4.78, 5) is 50.2. The molecule has 3 amide bonds.